The Kier molecular flexibility index (Phi) is 7.66. The molecule has 0 bridgehead atoms. The maximum Gasteiger partial charge on any atom is 0.271 e. The molecule has 0 unspecified atom stereocenters. The number of ether oxygens (including phenoxy) is 2. The third-order valence-electron chi connectivity index (χ3n) is 3.61. The van der Waals surface area contributed by atoms with Gasteiger partial charge in [0.2, 0.25) is 5.91 Å². The van der Waals surface area contributed by atoms with Crippen molar-refractivity contribution in [3.63, 3.8) is 0 Å². The van der Waals surface area contributed by atoms with Crippen molar-refractivity contribution >= 4 is 46.4 Å². The topological polar surface area (TPSA) is 89.0 Å². The fourth-order valence-corrected chi connectivity index (χ4v) is 2.54. The minimum atomic E-state index is -0.440. The molecule has 2 aromatic rings. The quantitative estimate of drug-likeness (QED) is 0.517. The summed E-state index contributed by atoms with van der Waals surface area (Å²) in [7, 11) is 2.99. The molecule has 0 aliphatic heterocycles. The molecule has 0 spiro atoms. The van der Waals surface area contributed by atoms with Crippen molar-refractivity contribution < 1.29 is 19.1 Å². The van der Waals surface area contributed by atoms with E-state index in [-0.39, 0.29) is 12.3 Å². The normalized spacial score (nSPS) is 11.0. The molecule has 2 amide bonds. The Morgan fingerprint density at radius 1 is 1.00 bits per heavy atom. The van der Waals surface area contributed by atoms with Crippen LogP contribution in [0.2, 0.25) is 10.0 Å². The molecular weight excluding hydrogens is 405 g/mol. The number of carbonyl (C=O) groups excluding carboxylic acids is 2. The molecule has 2 rings (SSSR count). The fraction of sp³-hybridized carbons (Fsp3) is 0.211. The summed E-state index contributed by atoms with van der Waals surface area (Å²) in [6, 6.07) is 9.51. The Labute approximate surface area is 172 Å². The molecule has 0 saturated carbocycles. The van der Waals surface area contributed by atoms with Crippen LogP contribution in [-0.2, 0) is 4.79 Å². The molecule has 0 radical (unpaired) electrons. The number of hydrazone groups is 1. The summed E-state index contributed by atoms with van der Waals surface area (Å²) in [6.45, 7) is 1.63. The van der Waals surface area contributed by atoms with Gasteiger partial charge < -0.3 is 14.8 Å². The van der Waals surface area contributed by atoms with Crippen LogP contribution in [0.1, 0.15) is 23.7 Å². The van der Waals surface area contributed by atoms with E-state index in [0.717, 1.165) is 0 Å². The summed E-state index contributed by atoms with van der Waals surface area (Å²) in [6.07, 6.45) is -0.00748. The predicted octanol–water partition coefficient (Wildman–Crippen LogP) is 4.15. The molecule has 2 N–H and O–H groups in total. The van der Waals surface area contributed by atoms with Gasteiger partial charge in [-0.05, 0) is 43.3 Å². The van der Waals surface area contributed by atoms with Crippen LogP contribution in [0.15, 0.2) is 41.5 Å². The number of nitrogens with zero attached hydrogens (tertiary/aromatic N) is 1. The number of rotatable bonds is 7. The molecule has 9 heteroatoms. The number of methoxy groups -OCH3 is 2. The first kappa shape index (κ1) is 21.5. The Morgan fingerprint density at radius 2 is 1.71 bits per heavy atom. The molecule has 0 aliphatic rings. The van der Waals surface area contributed by atoms with Gasteiger partial charge in [0.05, 0.1) is 30.7 Å². The third kappa shape index (κ3) is 5.87. The Balaban J connectivity index is 1.95. The van der Waals surface area contributed by atoms with Crippen LogP contribution in [-0.4, -0.2) is 31.7 Å². The van der Waals surface area contributed by atoms with Crippen molar-refractivity contribution in [1.29, 1.82) is 0 Å². The Hall–Kier alpha value is -2.77. The zero-order chi connectivity index (χ0) is 20.7. The van der Waals surface area contributed by atoms with E-state index in [1.165, 1.54) is 20.3 Å². The van der Waals surface area contributed by atoms with Crippen LogP contribution in [0.5, 0.6) is 11.5 Å². The molecule has 0 fully saturated rings. The molecule has 0 saturated heterocycles. The molecular formula is C19H19Cl2N3O4. The summed E-state index contributed by atoms with van der Waals surface area (Å²) in [5.74, 6) is 0.194. The van der Waals surface area contributed by atoms with Crippen LogP contribution < -0.4 is 20.2 Å². The van der Waals surface area contributed by atoms with Crippen molar-refractivity contribution in [3.05, 3.63) is 52.0 Å². The second-order valence-electron chi connectivity index (χ2n) is 5.71. The van der Waals surface area contributed by atoms with Crippen molar-refractivity contribution in [2.45, 2.75) is 13.3 Å². The number of carbonyl (C=O) groups is 2. The molecule has 0 aliphatic carbocycles. The lowest BCUT2D eigenvalue weighted by molar-refractivity contribution is -0.115. The molecule has 0 atom stereocenters. The van der Waals surface area contributed by atoms with E-state index < -0.39 is 5.91 Å². The third-order valence-corrected chi connectivity index (χ3v) is 4.35. The second kappa shape index (κ2) is 9.96. The summed E-state index contributed by atoms with van der Waals surface area (Å²) in [5.41, 5.74) is 3.69. The SMILES string of the molecule is COc1ccc(C(=O)NN=C(C)CC(=O)Nc2ccc(Cl)c(Cl)c2)cc1OC. The zero-order valence-electron chi connectivity index (χ0n) is 15.5. The van der Waals surface area contributed by atoms with Gasteiger partial charge in [0.1, 0.15) is 0 Å². The minimum Gasteiger partial charge on any atom is -0.493 e. The first-order valence-electron chi connectivity index (χ1n) is 8.14. The number of anilines is 1. The molecule has 0 heterocycles. The molecule has 0 aromatic heterocycles. The monoisotopic (exact) mass is 423 g/mol. The van der Waals surface area contributed by atoms with Gasteiger partial charge in [-0.25, -0.2) is 5.43 Å². The van der Waals surface area contributed by atoms with Gasteiger partial charge in [0.25, 0.3) is 5.91 Å². The van der Waals surface area contributed by atoms with Gasteiger partial charge in [-0.1, -0.05) is 23.2 Å². The molecule has 2 aromatic carbocycles. The minimum absolute atomic E-state index is 0.00748. The lowest BCUT2D eigenvalue weighted by atomic mass is 10.2. The number of nitrogens with one attached hydrogen (secondary N) is 2. The number of halogens is 2. The summed E-state index contributed by atoms with van der Waals surface area (Å²) in [5, 5.41) is 7.37. The first-order valence-corrected chi connectivity index (χ1v) is 8.90. The van der Waals surface area contributed by atoms with Crippen LogP contribution in [0.4, 0.5) is 5.69 Å². The van der Waals surface area contributed by atoms with Gasteiger partial charge >= 0.3 is 0 Å². The molecule has 148 valence electrons. The van der Waals surface area contributed by atoms with Gasteiger partial charge in [-0.3, -0.25) is 9.59 Å². The van der Waals surface area contributed by atoms with Crippen LogP contribution >= 0.6 is 23.2 Å². The second-order valence-corrected chi connectivity index (χ2v) is 6.53. The molecule has 7 nitrogen and oxygen atoms in total. The van der Waals surface area contributed by atoms with Crippen LogP contribution in [0.25, 0.3) is 0 Å². The van der Waals surface area contributed by atoms with Gasteiger partial charge in [0, 0.05) is 17.0 Å². The highest BCUT2D eigenvalue weighted by Gasteiger charge is 2.11. The number of hydrogen-bond acceptors (Lipinski definition) is 5. The van der Waals surface area contributed by atoms with Crippen molar-refractivity contribution in [1.82, 2.24) is 5.43 Å². The van der Waals surface area contributed by atoms with Gasteiger partial charge in [-0.2, -0.15) is 5.10 Å². The van der Waals surface area contributed by atoms with Crippen LogP contribution in [0.3, 0.4) is 0 Å². The van der Waals surface area contributed by atoms with Gasteiger partial charge in [0.15, 0.2) is 11.5 Å². The highest BCUT2D eigenvalue weighted by molar-refractivity contribution is 6.42. The van der Waals surface area contributed by atoms with Crippen molar-refractivity contribution in [3.8, 4) is 11.5 Å². The van der Waals surface area contributed by atoms with E-state index in [1.807, 2.05) is 0 Å². The van der Waals surface area contributed by atoms with E-state index in [0.29, 0.717) is 38.5 Å². The average Bonchev–Trinajstić information content (AvgIpc) is 2.68. The predicted molar refractivity (Wildman–Crippen MR) is 110 cm³/mol. The van der Waals surface area contributed by atoms with E-state index in [1.54, 1.807) is 37.3 Å². The number of hydrogen-bond donors (Lipinski definition) is 2. The average molecular weight is 424 g/mol. The van der Waals surface area contributed by atoms with Crippen LogP contribution in [0, 0.1) is 0 Å². The van der Waals surface area contributed by atoms with Crippen molar-refractivity contribution in [2.24, 2.45) is 5.10 Å². The number of benzene rings is 2. The molecule has 28 heavy (non-hydrogen) atoms. The summed E-state index contributed by atoms with van der Waals surface area (Å²) in [4.78, 5) is 24.3. The zero-order valence-corrected chi connectivity index (χ0v) is 17.0. The standard InChI is InChI=1S/C19H19Cl2N3O4/c1-11(8-18(25)22-13-5-6-14(20)15(21)10-13)23-24-19(26)12-4-7-16(27-2)17(9-12)28-3/h4-7,9-10H,8H2,1-3H3,(H,22,25)(H,24,26). The highest BCUT2D eigenvalue weighted by atomic mass is 35.5. The lowest BCUT2D eigenvalue weighted by Gasteiger charge is -2.09. The lowest BCUT2D eigenvalue weighted by Crippen LogP contribution is -2.21. The van der Waals surface area contributed by atoms with Gasteiger partial charge in [-0.15, -0.1) is 0 Å². The number of amides is 2. The smallest absolute Gasteiger partial charge is 0.271 e. The van der Waals surface area contributed by atoms with E-state index in [9.17, 15) is 9.59 Å². The largest absolute Gasteiger partial charge is 0.493 e. The Bertz CT molecular complexity index is 916. The van der Waals surface area contributed by atoms with E-state index >= 15 is 0 Å². The van der Waals surface area contributed by atoms with E-state index in [4.69, 9.17) is 32.7 Å². The van der Waals surface area contributed by atoms with E-state index in [2.05, 4.69) is 15.8 Å². The van der Waals surface area contributed by atoms with Crippen molar-refractivity contribution in [2.75, 3.05) is 19.5 Å². The maximum atomic E-state index is 12.2. The fourth-order valence-electron chi connectivity index (χ4n) is 2.24. The first-order chi connectivity index (χ1) is 13.3. The maximum absolute atomic E-state index is 12.2. The highest BCUT2D eigenvalue weighted by Crippen LogP contribution is 2.27. The summed E-state index contributed by atoms with van der Waals surface area (Å²) >= 11 is 11.8. The Morgan fingerprint density at radius 3 is 2.36 bits per heavy atom. The summed E-state index contributed by atoms with van der Waals surface area (Å²) < 4.78 is 10.3.